The van der Waals surface area contributed by atoms with Crippen molar-refractivity contribution in [2.24, 2.45) is 0 Å². The molecule has 0 fully saturated rings. The molecule has 92 valence electrons. The number of rotatable bonds is 3. The number of Topliss-reactive ketones (excluding diaryl/α,β-unsaturated/α-hetero) is 1. The van der Waals surface area contributed by atoms with Crippen molar-refractivity contribution < 1.29 is 22.8 Å². The minimum absolute atomic E-state index is 0.170. The molecular formula is C11H8ClF3O2. The summed E-state index contributed by atoms with van der Waals surface area (Å²) in [5.41, 5.74) is -1.57. The second-order valence-electron chi connectivity index (χ2n) is 3.41. The number of carbonyl (C=O) groups is 2. The van der Waals surface area contributed by atoms with E-state index in [9.17, 15) is 22.8 Å². The first kappa shape index (κ1) is 13.7. The molecule has 0 N–H and O–H groups in total. The minimum atomic E-state index is -4.61. The van der Waals surface area contributed by atoms with Gasteiger partial charge in [-0.25, -0.2) is 0 Å². The van der Waals surface area contributed by atoms with Crippen LogP contribution in [0.2, 0.25) is 0 Å². The van der Waals surface area contributed by atoms with Gasteiger partial charge in [0.1, 0.15) is 6.29 Å². The van der Waals surface area contributed by atoms with Gasteiger partial charge in [0.05, 0.1) is 11.4 Å². The number of halogens is 4. The maximum atomic E-state index is 12.7. The number of hydrogen-bond acceptors (Lipinski definition) is 2. The molecule has 0 aliphatic rings. The first-order valence-corrected chi connectivity index (χ1v) is 5.11. The standard InChI is InChI=1S/C11H8ClF3O2/c1-6-8(10(17)4-12)2-7(5-16)3-9(6)11(13,14)15/h2-3,5H,4H2,1H3. The third-order valence-corrected chi connectivity index (χ3v) is 2.54. The van der Waals surface area contributed by atoms with E-state index >= 15 is 0 Å². The zero-order chi connectivity index (χ0) is 13.2. The number of carbonyl (C=O) groups excluding carboxylic acids is 2. The quantitative estimate of drug-likeness (QED) is 0.477. The molecule has 0 amide bonds. The van der Waals surface area contributed by atoms with Gasteiger partial charge in [-0.3, -0.25) is 9.59 Å². The lowest BCUT2D eigenvalue weighted by atomic mass is 9.96. The van der Waals surface area contributed by atoms with Gasteiger partial charge in [-0.1, -0.05) is 0 Å². The van der Waals surface area contributed by atoms with Crippen LogP contribution in [0, 0.1) is 6.92 Å². The Kier molecular flexibility index (Phi) is 3.93. The van der Waals surface area contributed by atoms with Gasteiger partial charge in [0, 0.05) is 11.1 Å². The van der Waals surface area contributed by atoms with Crippen LogP contribution < -0.4 is 0 Å². The zero-order valence-corrected chi connectivity index (χ0v) is 9.52. The molecule has 1 aromatic carbocycles. The van der Waals surface area contributed by atoms with Crippen molar-refractivity contribution >= 4 is 23.7 Å². The third-order valence-electron chi connectivity index (χ3n) is 2.29. The molecular weight excluding hydrogens is 257 g/mol. The molecule has 0 aliphatic carbocycles. The van der Waals surface area contributed by atoms with Gasteiger partial charge >= 0.3 is 6.18 Å². The van der Waals surface area contributed by atoms with Gasteiger partial charge < -0.3 is 0 Å². The van der Waals surface area contributed by atoms with Crippen LogP contribution >= 0.6 is 11.6 Å². The second kappa shape index (κ2) is 4.87. The van der Waals surface area contributed by atoms with E-state index in [0.29, 0.717) is 6.07 Å². The van der Waals surface area contributed by atoms with E-state index in [2.05, 4.69) is 0 Å². The summed E-state index contributed by atoms with van der Waals surface area (Å²) in [5, 5.41) is 0. The molecule has 2 nitrogen and oxygen atoms in total. The Labute approximate surface area is 100 Å². The summed E-state index contributed by atoms with van der Waals surface area (Å²) < 4.78 is 38.0. The highest BCUT2D eigenvalue weighted by atomic mass is 35.5. The Morgan fingerprint density at radius 3 is 2.41 bits per heavy atom. The number of benzene rings is 1. The molecule has 1 rings (SSSR count). The number of ketones is 1. The monoisotopic (exact) mass is 264 g/mol. The first-order chi connectivity index (χ1) is 7.81. The van der Waals surface area contributed by atoms with Crippen LogP contribution in [0.4, 0.5) is 13.2 Å². The third kappa shape index (κ3) is 2.85. The lowest BCUT2D eigenvalue weighted by Gasteiger charge is -2.13. The van der Waals surface area contributed by atoms with Crippen molar-refractivity contribution in [3.8, 4) is 0 Å². The molecule has 0 bridgehead atoms. The molecule has 0 radical (unpaired) electrons. The minimum Gasteiger partial charge on any atom is -0.298 e. The van der Waals surface area contributed by atoms with Gasteiger partial charge in [0.25, 0.3) is 0 Å². The van der Waals surface area contributed by atoms with Crippen LogP contribution in [0.15, 0.2) is 12.1 Å². The molecule has 0 saturated heterocycles. The van der Waals surface area contributed by atoms with Gasteiger partial charge in [0.15, 0.2) is 5.78 Å². The van der Waals surface area contributed by atoms with Crippen molar-refractivity contribution in [3.05, 3.63) is 34.4 Å². The highest BCUT2D eigenvalue weighted by molar-refractivity contribution is 6.30. The highest BCUT2D eigenvalue weighted by Gasteiger charge is 2.34. The van der Waals surface area contributed by atoms with Crippen molar-refractivity contribution in [1.29, 1.82) is 0 Å². The fourth-order valence-electron chi connectivity index (χ4n) is 1.46. The largest absolute Gasteiger partial charge is 0.416 e. The Hall–Kier alpha value is -1.36. The van der Waals surface area contributed by atoms with E-state index in [0.717, 1.165) is 6.07 Å². The molecule has 6 heteroatoms. The number of alkyl halides is 4. The Morgan fingerprint density at radius 2 is 2.00 bits per heavy atom. The molecule has 0 spiro atoms. The molecule has 0 aromatic heterocycles. The molecule has 0 aliphatic heterocycles. The van der Waals surface area contributed by atoms with Gasteiger partial charge in [-0.05, 0) is 24.6 Å². The highest BCUT2D eigenvalue weighted by Crippen LogP contribution is 2.34. The van der Waals surface area contributed by atoms with Crippen LogP contribution in [0.1, 0.15) is 31.8 Å². The Balaban J connectivity index is 3.52. The fraction of sp³-hybridized carbons (Fsp3) is 0.273. The van der Waals surface area contributed by atoms with E-state index in [-0.39, 0.29) is 23.0 Å². The first-order valence-electron chi connectivity index (χ1n) is 4.57. The summed E-state index contributed by atoms with van der Waals surface area (Å²) in [4.78, 5) is 21.9. The second-order valence-corrected chi connectivity index (χ2v) is 3.68. The van der Waals surface area contributed by atoms with Crippen molar-refractivity contribution in [2.75, 3.05) is 5.88 Å². The summed E-state index contributed by atoms with van der Waals surface area (Å²) in [5.74, 6) is -1.07. The SMILES string of the molecule is Cc1c(C(=O)CCl)cc(C=O)cc1C(F)(F)F. The topological polar surface area (TPSA) is 34.1 Å². The van der Waals surface area contributed by atoms with E-state index in [1.807, 2.05) is 0 Å². The van der Waals surface area contributed by atoms with Crippen molar-refractivity contribution in [3.63, 3.8) is 0 Å². The normalized spacial score (nSPS) is 11.4. The Bertz CT molecular complexity index is 467. The summed E-state index contributed by atoms with van der Waals surface area (Å²) in [6, 6.07) is 1.83. The number of hydrogen-bond donors (Lipinski definition) is 0. The average molecular weight is 265 g/mol. The predicted molar refractivity (Wildman–Crippen MR) is 56.6 cm³/mol. The average Bonchev–Trinajstić information content (AvgIpc) is 2.26. The van der Waals surface area contributed by atoms with E-state index in [1.54, 1.807) is 0 Å². The van der Waals surface area contributed by atoms with Crippen LogP contribution in [-0.2, 0) is 6.18 Å². The van der Waals surface area contributed by atoms with E-state index < -0.39 is 23.4 Å². The van der Waals surface area contributed by atoms with Gasteiger partial charge in [-0.15, -0.1) is 11.6 Å². The summed E-state index contributed by atoms with van der Waals surface area (Å²) >= 11 is 5.30. The molecule has 0 atom stereocenters. The van der Waals surface area contributed by atoms with E-state index in [1.165, 1.54) is 6.92 Å². The van der Waals surface area contributed by atoms with Crippen LogP contribution in [-0.4, -0.2) is 17.9 Å². The maximum absolute atomic E-state index is 12.7. The van der Waals surface area contributed by atoms with E-state index in [4.69, 9.17) is 11.6 Å². The van der Waals surface area contributed by atoms with Crippen LogP contribution in [0.5, 0.6) is 0 Å². The Morgan fingerprint density at radius 1 is 1.41 bits per heavy atom. The van der Waals surface area contributed by atoms with Crippen molar-refractivity contribution in [1.82, 2.24) is 0 Å². The maximum Gasteiger partial charge on any atom is 0.416 e. The summed E-state index contributed by atoms with van der Waals surface area (Å²) in [6.07, 6.45) is -4.34. The van der Waals surface area contributed by atoms with Crippen molar-refractivity contribution in [2.45, 2.75) is 13.1 Å². The lowest BCUT2D eigenvalue weighted by Crippen LogP contribution is -2.13. The van der Waals surface area contributed by atoms with Gasteiger partial charge in [0.2, 0.25) is 0 Å². The molecule has 1 aromatic rings. The van der Waals surface area contributed by atoms with Gasteiger partial charge in [-0.2, -0.15) is 13.2 Å². The van der Waals surface area contributed by atoms with Crippen LogP contribution in [0.3, 0.4) is 0 Å². The molecule has 0 unspecified atom stereocenters. The predicted octanol–water partition coefficient (Wildman–Crippen LogP) is 3.25. The lowest BCUT2D eigenvalue weighted by molar-refractivity contribution is -0.138. The molecule has 17 heavy (non-hydrogen) atoms. The smallest absolute Gasteiger partial charge is 0.298 e. The summed E-state index contributed by atoms with van der Waals surface area (Å²) in [6.45, 7) is 1.18. The molecule has 0 heterocycles. The molecule has 0 saturated carbocycles. The fourth-order valence-corrected chi connectivity index (χ4v) is 1.60. The number of aldehydes is 1. The zero-order valence-electron chi connectivity index (χ0n) is 8.77. The summed E-state index contributed by atoms with van der Waals surface area (Å²) in [7, 11) is 0. The van der Waals surface area contributed by atoms with Crippen LogP contribution in [0.25, 0.3) is 0 Å².